The maximum Gasteiger partial charge on any atom is 0.257 e. The summed E-state index contributed by atoms with van der Waals surface area (Å²) in [5, 5.41) is 3.08. The second-order valence-electron chi connectivity index (χ2n) is 4.98. The molecule has 0 aromatic carbocycles. The molecule has 1 rings (SSSR count). The molecule has 0 saturated heterocycles. The minimum atomic E-state index is 0.0552. The van der Waals surface area contributed by atoms with E-state index in [1.54, 1.807) is 6.20 Å². The largest absolute Gasteiger partial charge is 0.387 e. The van der Waals surface area contributed by atoms with Crippen molar-refractivity contribution in [2.24, 2.45) is 5.92 Å². The molecule has 1 aromatic rings. The van der Waals surface area contributed by atoms with Gasteiger partial charge >= 0.3 is 0 Å². The Labute approximate surface area is 116 Å². The summed E-state index contributed by atoms with van der Waals surface area (Å²) in [6.07, 6.45) is 2.75. The standard InChI is InChI=1S/C15H25N3O/c1-6-11(3)10-18(7-2)15(19)13-9-17-12(4)8-14(13)16-5/h8-9,11H,6-7,10H2,1-5H3,(H,16,17). The van der Waals surface area contributed by atoms with Crippen LogP contribution in [-0.4, -0.2) is 35.9 Å². The molecule has 1 heterocycles. The normalized spacial score (nSPS) is 12.1. The zero-order valence-electron chi connectivity index (χ0n) is 12.7. The van der Waals surface area contributed by atoms with Crippen molar-refractivity contribution in [1.82, 2.24) is 9.88 Å². The molecule has 0 fully saturated rings. The van der Waals surface area contributed by atoms with Crippen LogP contribution >= 0.6 is 0 Å². The molecule has 0 aliphatic carbocycles. The number of nitrogens with one attached hydrogen (secondary N) is 1. The summed E-state index contributed by atoms with van der Waals surface area (Å²) in [5.74, 6) is 0.569. The summed E-state index contributed by atoms with van der Waals surface area (Å²) < 4.78 is 0. The first-order valence-corrected chi connectivity index (χ1v) is 6.97. The number of hydrogen-bond acceptors (Lipinski definition) is 3. The van der Waals surface area contributed by atoms with Gasteiger partial charge in [-0.15, -0.1) is 0 Å². The first-order valence-electron chi connectivity index (χ1n) is 6.97. The molecular formula is C15H25N3O. The van der Waals surface area contributed by atoms with Gasteiger partial charge in [0.2, 0.25) is 0 Å². The van der Waals surface area contributed by atoms with Crippen molar-refractivity contribution in [3.63, 3.8) is 0 Å². The average Bonchev–Trinajstić information content (AvgIpc) is 2.43. The first kappa shape index (κ1) is 15.5. The van der Waals surface area contributed by atoms with E-state index in [-0.39, 0.29) is 5.91 Å². The van der Waals surface area contributed by atoms with Crippen LogP contribution in [0.1, 0.15) is 43.2 Å². The van der Waals surface area contributed by atoms with E-state index in [1.165, 1.54) is 0 Å². The van der Waals surface area contributed by atoms with Crippen LogP contribution in [-0.2, 0) is 0 Å². The Morgan fingerprint density at radius 2 is 2.16 bits per heavy atom. The third kappa shape index (κ3) is 3.94. The van der Waals surface area contributed by atoms with Gasteiger partial charge in [-0.05, 0) is 25.8 Å². The van der Waals surface area contributed by atoms with E-state index in [1.807, 2.05) is 31.9 Å². The summed E-state index contributed by atoms with van der Waals surface area (Å²) in [5.41, 5.74) is 2.41. The van der Waals surface area contributed by atoms with Crippen molar-refractivity contribution >= 4 is 11.6 Å². The Hall–Kier alpha value is -1.58. The second-order valence-corrected chi connectivity index (χ2v) is 4.98. The van der Waals surface area contributed by atoms with Crippen LogP contribution < -0.4 is 5.32 Å². The van der Waals surface area contributed by atoms with Crippen LogP contribution in [0.3, 0.4) is 0 Å². The Balaban J connectivity index is 2.97. The van der Waals surface area contributed by atoms with Crippen molar-refractivity contribution in [3.8, 4) is 0 Å². The molecular weight excluding hydrogens is 238 g/mol. The molecule has 1 atom stereocenters. The van der Waals surface area contributed by atoms with E-state index in [0.717, 1.165) is 30.9 Å². The van der Waals surface area contributed by atoms with Crippen molar-refractivity contribution in [2.45, 2.75) is 34.1 Å². The molecule has 1 aromatic heterocycles. The number of hydrogen-bond donors (Lipinski definition) is 1. The third-order valence-electron chi connectivity index (χ3n) is 3.44. The van der Waals surface area contributed by atoms with Gasteiger partial charge in [0, 0.05) is 32.0 Å². The van der Waals surface area contributed by atoms with Crippen LogP contribution in [0, 0.1) is 12.8 Å². The van der Waals surface area contributed by atoms with Gasteiger partial charge in [-0.3, -0.25) is 9.78 Å². The maximum absolute atomic E-state index is 12.6. The van der Waals surface area contributed by atoms with E-state index in [9.17, 15) is 4.79 Å². The molecule has 4 heteroatoms. The van der Waals surface area contributed by atoms with Gasteiger partial charge in [-0.1, -0.05) is 20.3 Å². The summed E-state index contributed by atoms with van der Waals surface area (Å²) in [6, 6.07) is 1.91. The smallest absolute Gasteiger partial charge is 0.257 e. The molecule has 4 nitrogen and oxygen atoms in total. The predicted molar refractivity (Wildman–Crippen MR) is 79.6 cm³/mol. The van der Waals surface area contributed by atoms with Gasteiger partial charge < -0.3 is 10.2 Å². The zero-order chi connectivity index (χ0) is 14.4. The predicted octanol–water partition coefficient (Wildman–Crippen LogP) is 2.94. The molecule has 1 N–H and O–H groups in total. The van der Waals surface area contributed by atoms with Gasteiger partial charge in [0.25, 0.3) is 5.91 Å². The number of nitrogens with zero attached hydrogens (tertiary/aromatic N) is 2. The van der Waals surface area contributed by atoms with Crippen molar-refractivity contribution in [1.29, 1.82) is 0 Å². The molecule has 0 aliphatic heterocycles. The highest BCUT2D eigenvalue weighted by molar-refractivity contribution is 5.99. The van der Waals surface area contributed by atoms with Gasteiger partial charge in [-0.25, -0.2) is 0 Å². The number of anilines is 1. The minimum absolute atomic E-state index is 0.0552. The third-order valence-corrected chi connectivity index (χ3v) is 3.44. The van der Waals surface area contributed by atoms with Gasteiger partial charge in [0.15, 0.2) is 0 Å². The van der Waals surface area contributed by atoms with E-state index >= 15 is 0 Å². The van der Waals surface area contributed by atoms with E-state index in [4.69, 9.17) is 0 Å². The average molecular weight is 263 g/mol. The van der Waals surface area contributed by atoms with Gasteiger partial charge in [0.05, 0.1) is 11.3 Å². The summed E-state index contributed by atoms with van der Waals surface area (Å²) in [6.45, 7) is 9.77. The van der Waals surface area contributed by atoms with E-state index in [2.05, 4.69) is 24.1 Å². The number of pyridine rings is 1. The SMILES string of the molecule is CCC(C)CN(CC)C(=O)c1cnc(C)cc1NC. The fourth-order valence-corrected chi connectivity index (χ4v) is 1.97. The van der Waals surface area contributed by atoms with E-state index < -0.39 is 0 Å². The zero-order valence-corrected chi connectivity index (χ0v) is 12.7. The summed E-state index contributed by atoms with van der Waals surface area (Å²) in [7, 11) is 1.83. The van der Waals surface area contributed by atoms with Crippen molar-refractivity contribution in [2.75, 3.05) is 25.5 Å². The van der Waals surface area contributed by atoms with Crippen LogP contribution in [0.15, 0.2) is 12.3 Å². The molecule has 1 amide bonds. The molecule has 0 spiro atoms. The van der Waals surface area contributed by atoms with Crippen molar-refractivity contribution < 1.29 is 4.79 Å². The fraction of sp³-hybridized carbons (Fsp3) is 0.600. The van der Waals surface area contributed by atoms with Crippen LogP contribution in [0.2, 0.25) is 0 Å². The van der Waals surface area contributed by atoms with Crippen LogP contribution in [0.5, 0.6) is 0 Å². The Bertz CT molecular complexity index is 431. The van der Waals surface area contributed by atoms with Crippen LogP contribution in [0.25, 0.3) is 0 Å². The highest BCUT2D eigenvalue weighted by Crippen LogP contribution is 2.18. The number of carbonyl (C=O) groups excluding carboxylic acids is 1. The molecule has 0 aliphatic rings. The first-order chi connectivity index (χ1) is 9.03. The Morgan fingerprint density at radius 3 is 2.68 bits per heavy atom. The second kappa shape index (κ2) is 7.12. The number of aryl methyl sites for hydroxylation is 1. The molecule has 0 bridgehead atoms. The highest BCUT2D eigenvalue weighted by atomic mass is 16.2. The van der Waals surface area contributed by atoms with Gasteiger partial charge in [-0.2, -0.15) is 0 Å². The lowest BCUT2D eigenvalue weighted by molar-refractivity contribution is 0.0741. The molecule has 106 valence electrons. The molecule has 0 radical (unpaired) electrons. The van der Waals surface area contributed by atoms with Crippen LogP contribution in [0.4, 0.5) is 5.69 Å². The Kier molecular flexibility index (Phi) is 5.80. The lowest BCUT2D eigenvalue weighted by Gasteiger charge is -2.25. The fourth-order valence-electron chi connectivity index (χ4n) is 1.97. The molecule has 1 unspecified atom stereocenters. The lowest BCUT2D eigenvalue weighted by Crippen LogP contribution is -2.35. The monoisotopic (exact) mass is 263 g/mol. The number of aromatic nitrogens is 1. The number of amides is 1. The summed E-state index contributed by atoms with van der Waals surface area (Å²) >= 11 is 0. The summed E-state index contributed by atoms with van der Waals surface area (Å²) in [4.78, 5) is 18.7. The van der Waals surface area contributed by atoms with Gasteiger partial charge in [0.1, 0.15) is 0 Å². The lowest BCUT2D eigenvalue weighted by atomic mass is 10.1. The number of carbonyl (C=O) groups is 1. The van der Waals surface area contributed by atoms with E-state index in [0.29, 0.717) is 11.5 Å². The number of rotatable bonds is 6. The molecule has 0 saturated carbocycles. The van der Waals surface area contributed by atoms with Crippen molar-refractivity contribution in [3.05, 3.63) is 23.5 Å². The topological polar surface area (TPSA) is 45.2 Å². The Morgan fingerprint density at radius 1 is 1.47 bits per heavy atom. The quantitative estimate of drug-likeness (QED) is 0.858. The minimum Gasteiger partial charge on any atom is -0.387 e. The maximum atomic E-state index is 12.6. The molecule has 19 heavy (non-hydrogen) atoms. The highest BCUT2D eigenvalue weighted by Gasteiger charge is 2.19.